The molecule has 1 atom stereocenters. The van der Waals surface area contributed by atoms with Crippen molar-refractivity contribution in [2.45, 2.75) is 58.4 Å². The number of nitrogens with one attached hydrogen (secondary N) is 2. The van der Waals surface area contributed by atoms with Crippen LogP contribution in [-0.2, 0) is 17.8 Å². The summed E-state index contributed by atoms with van der Waals surface area (Å²) in [6.45, 7) is 7.32. The predicted octanol–water partition coefficient (Wildman–Crippen LogP) is 4.51. The second kappa shape index (κ2) is 11.3. The third-order valence-electron chi connectivity index (χ3n) is 5.79. The maximum atomic E-state index is 13.1. The van der Waals surface area contributed by atoms with Gasteiger partial charge in [-0.3, -0.25) is 0 Å². The van der Waals surface area contributed by atoms with Crippen LogP contribution >= 0.6 is 0 Å². The first-order valence-electron chi connectivity index (χ1n) is 11.6. The molecule has 34 heavy (non-hydrogen) atoms. The standard InChI is InChI=1S/C26H34FN3O4/c1-26(2,3)34-25(33)29-17-19-6-4-18(5-7-19)16-28-24(32)30-14-12-21(13-15-30)23(31)20-8-10-22(27)11-9-20/h4-11,21,23,31H,12-17H2,1-3H3,(H,28,32)(H,29,33). The third-order valence-corrected chi connectivity index (χ3v) is 5.79. The molecular formula is C26H34FN3O4. The number of aliphatic hydroxyl groups excluding tert-OH is 1. The van der Waals surface area contributed by atoms with E-state index in [1.807, 2.05) is 45.0 Å². The van der Waals surface area contributed by atoms with E-state index < -0.39 is 17.8 Å². The molecule has 1 saturated heterocycles. The lowest BCUT2D eigenvalue weighted by atomic mass is 9.87. The minimum absolute atomic E-state index is 0.0383. The fraction of sp³-hybridized carbons (Fsp3) is 0.462. The molecule has 0 aliphatic carbocycles. The molecule has 2 aromatic carbocycles. The van der Waals surface area contributed by atoms with Gasteiger partial charge in [0.05, 0.1) is 6.10 Å². The van der Waals surface area contributed by atoms with Crippen molar-refractivity contribution in [3.05, 3.63) is 71.0 Å². The Bertz CT molecular complexity index is 950. The average molecular weight is 472 g/mol. The van der Waals surface area contributed by atoms with Crippen LogP contribution in [0.1, 0.15) is 56.4 Å². The molecule has 7 nitrogen and oxygen atoms in total. The molecule has 1 heterocycles. The lowest BCUT2D eigenvalue weighted by Crippen LogP contribution is -2.44. The number of benzene rings is 2. The number of alkyl carbamates (subject to hydrolysis) is 1. The van der Waals surface area contributed by atoms with Crippen molar-refractivity contribution in [2.24, 2.45) is 5.92 Å². The van der Waals surface area contributed by atoms with Gasteiger partial charge < -0.3 is 25.4 Å². The van der Waals surface area contributed by atoms with E-state index in [1.165, 1.54) is 12.1 Å². The fourth-order valence-electron chi connectivity index (χ4n) is 3.90. The second-order valence-corrected chi connectivity index (χ2v) is 9.65. The van der Waals surface area contributed by atoms with Gasteiger partial charge in [0, 0.05) is 26.2 Å². The van der Waals surface area contributed by atoms with Crippen LogP contribution in [0.15, 0.2) is 48.5 Å². The fourth-order valence-corrected chi connectivity index (χ4v) is 3.90. The number of carbonyl (C=O) groups is 2. The Morgan fingerprint density at radius 1 is 1.00 bits per heavy atom. The van der Waals surface area contributed by atoms with Crippen molar-refractivity contribution in [2.75, 3.05) is 13.1 Å². The van der Waals surface area contributed by atoms with E-state index in [4.69, 9.17) is 4.74 Å². The first kappa shape index (κ1) is 25.5. The Hall–Kier alpha value is -3.13. The average Bonchev–Trinajstić information content (AvgIpc) is 2.81. The Morgan fingerprint density at radius 2 is 1.53 bits per heavy atom. The summed E-state index contributed by atoms with van der Waals surface area (Å²) in [5, 5.41) is 16.2. The highest BCUT2D eigenvalue weighted by atomic mass is 19.1. The summed E-state index contributed by atoms with van der Waals surface area (Å²) in [6.07, 6.45) is 0.253. The number of likely N-dealkylation sites (tertiary alicyclic amines) is 1. The van der Waals surface area contributed by atoms with Crippen molar-refractivity contribution in [3.63, 3.8) is 0 Å². The number of halogens is 1. The first-order valence-corrected chi connectivity index (χ1v) is 11.6. The van der Waals surface area contributed by atoms with Crippen molar-refractivity contribution in [1.82, 2.24) is 15.5 Å². The summed E-state index contributed by atoms with van der Waals surface area (Å²) in [4.78, 5) is 26.1. The van der Waals surface area contributed by atoms with Crippen LogP contribution < -0.4 is 10.6 Å². The van der Waals surface area contributed by atoms with E-state index in [2.05, 4.69) is 10.6 Å². The molecular weight excluding hydrogens is 437 g/mol. The molecule has 0 bridgehead atoms. The van der Waals surface area contributed by atoms with Gasteiger partial charge in [-0.2, -0.15) is 0 Å². The molecule has 1 aliphatic heterocycles. The number of hydrogen-bond donors (Lipinski definition) is 3. The van der Waals surface area contributed by atoms with Crippen molar-refractivity contribution in [3.8, 4) is 0 Å². The zero-order valence-corrected chi connectivity index (χ0v) is 20.0. The van der Waals surface area contributed by atoms with Gasteiger partial charge in [-0.1, -0.05) is 36.4 Å². The number of carbonyl (C=O) groups excluding carboxylic acids is 2. The van der Waals surface area contributed by atoms with Crippen molar-refractivity contribution < 1.29 is 23.8 Å². The summed E-state index contributed by atoms with van der Waals surface area (Å²) >= 11 is 0. The van der Waals surface area contributed by atoms with E-state index in [9.17, 15) is 19.1 Å². The van der Waals surface area contributed by atoms with Gasteiger partial charge in [0.25, 0.3) is 0 Å². The van der Waals surface area contributed by atoms with Gasteiger partial charge in [0.15, 0.2) is 0 Å². The Balaban J connectivity index is 1.39. The number of hydrogen-bond acceptors (Lipinski definition) is 4. The van der Waals surface area contributed by atoms with Crippen LogP contribution in [0.25, 0.3) is 0 Å². The monoisotopic (exact) mass is 471 g/mol. The summed E-state index contributed by atoms with van der Waals surface area (Å²) in [5.74, 6) is -0.286. The van der Waals surface area contributed by atoms with E-state index in [0.717, 1.165) is 11.1 Å². The van der Waals surface area contributed by atoms with Gasteiger partial charge in [-0.15, -0.1) is 0 Å². The van der Waals surface area contributed by atoms with Gasteiger partial charge in [0.1, 0.15) is 11.4 Å². The second-order valence-electron chi connectivity index (χ2n) is 9.65. The molecule has 0 saturated carbocycles. The molecule has 0 radical (unpaired) electrons. The van der Waals surface area contributed by atoms with Crippen LogP contribution in [0.5, 0.6) is 0 Å². The van der Waals surface area contributed by atoms with E-state index in [0.29, 0.717) is 44.6 Å². The maximum absolute atomic E-state index is 13.1. The number of ether oxygens (including phenoxy) is 1. The Labute approximate surface area is 200 Å². The molecule has 3 amide bonds. The highest BCUT2D eigenvalue weighted by Gasteiger charge is 2.28. The zero-order chi connectivity index (χ0) is 24.7. The molecule has 1 fully saturated rings. The molecule has 3 rings (SSSR count). The number of aliphatic hydroxyl groups is 1. The first-order chi connectivity index (χ1) is 16.1. The van der Waals surface area contributed by atoms with Gasteiger partial charge >= 0.3 is 12.1 Å². The largest absolute Gasteiger partial charge is 0.444 e. The normalized spacial score (nSPS) is 15.5. The summed E-state index contributed by atoms with van der Waals surface area (Å²) < 4.78 is 18.3. The van der Waals surface area contributed by atoms with Crippen LogP contribution in [0.4, 0.5) is 14.0 Å². The summed E-state index contributed by atoms with van der Waals surface area (Å²) in [5.41, 5.74) is 2.05. The maximum Gasteiger partial charge on any atom is 0.407 e. The smallest absolute Gasteiger partial charge is 0.407 e. The number of urea groups is 1. The highest BCUT2D eigenvalue weighted by Crippen LogP contribution is 2.30. The minimum Gasteiger partial charge on any atom is -0.444 e. The van der Waals surface area contributed by atoms with Crippen LogP contribution in [0.2, 0.25) is 0 Å². The highest BCUT2D eigenvalue weighted by molar-refractivity contribution is 5.74. The predicted molar refractivity (Wildman–Crippen MR) is 127 cm³/mol. The molecule has 1 aliphatic rings. The summed E-state index contributed by atoms with van der Waals surface area (Å²) in [7, 11) is 0. The minimum atomic E-state index is -0.658. The lowest BCUT2D eigenvalue weighted by Gasteiger charge is -2.34. The molecule has 3 N–H and O–H groups in total. The van der Waals surface area contributed by atoms with E-state index >= 15 is 0 Å². The number of rotatable bonds is 6. The van der Waals surface area contributed by atoms with Gasteiger partial charge in [-0.05, 0) is 68.4 Å². The van der Waals surface area contributed by atoms with Crippen LogP contribution in [0.3, 0.4) is 0 Å². The number of nitrogens with zero attached hydrogens (tertiary/aromatic N) is 1. The summed E-state index contributed by atoms with van der Waals surface area (Å²) in [6, 6.07) is 13.4. The SMILES string of the molecule is CC(C)(C)OC(=O)NCc1ccc(CNC(=O)N2CCC(C(O)c3ccc(F)cc3)CC2)cc1. The topological polar surface area (TPSA) is 90.9 Å². The lowest BCUT2D eigenvalue weighted by molar-refractivity contribution is 0.0523. The molecule has 1 unspecified atom stereocenters. The van der Waals surface area contributed by atoms with Gasteiger partial charge in [-0.25, -0.2) is 14.0 Å². The molecule has 2 aromatic rings. The third kappa shape index (κ3) is 7.73. The zero-order valence-electron chi connectivity index (χ0n) is 20.0. The quantitative estimate of drug-likeness (QED) is 0.578. The Kier molecular flexibility index (Phi) is 8.50. The van der Waals surface area contributed by atoms with Gasteiger partial charge in [0.2, 0.25) is 0 Å². The van der Waals surface area contributed by atoms with E-state index in [-0.39, 0.29) is 17.8 Å². The number of piperidine rings is 1. The van der Waals surface area contributed by atoms with Crippen molar-refractivity contribution in [1.29, 1.82) is 0 Å². The molecule has 8 heteroatoms. The van der Waals surface area contributed by atoms with Crippen molar-refractivity contribution >= 4 is 12.1 Å². The molecule has 184 valence electrons. The molecule has 0 aromatic heterocycles. The van der Waals surface area contributed by atoms with Crippen LogP contribution in [-0.4, -0.2) is 40.8 Å². The number of amides is 3. The Morgan fingerprint density at radius 3 is 2.06 bits per heavy atom. The van der Waals surface area contributed by atoms with E-state index in [1.54, 1.807) is 17.0 Å². The van der Waals surface area contributed by atoms with Crippen LogP contribution in [0, 0.1) is 11.7 Å². The molecule has 0 spiro atoms.